The van der Waals surface area contributed by atoms with E-state index in [1.54, 1.807) is 0 Å². The maximum atomic E-state index is 13.1. The fourth-order valence-corrected chi connectivity index (χ4v) is 14.1. The zero-order valence-electron chi connectivity index (χ0n) is 65.5. The molecule has 0 rings (SSSR count). The Bertz CT molecular complexity index is 1920. The first-order valence-electron chi connectivity index (χ1n) is 42.0. The van der Waals surface area contributed by atoms with Crippen molar-refractivity contribution < 1.29 is 80.2 Å². The number of carbonyl (C=O) groups excluding carboxylic acids is 4. The lowest BCUT2D eigenvalue weighted by molar-refractivity contribution is -0.161. The predicted molar refractivity (Wildman–Crippen MR) is 409 cm³/mol. The number of unbranched alkanes of at least 4 members (excludes halogenated alkanes) is 50. The Morgan fingerprint density at radius 1 is 0.270 bits per heavy atom. The summed E-state index contributed by atoms with van der Waals surface area (Å²) < 4.78 is 68.7. The highest BCUT2D eigenvalue weighted by Gasteiger charge is 2.30. The quantitative estimate of drug-likeness (QED) is 0.0222. The van der Waals surface area contributed by atoms with Crippen LogP contribution < -0.4 is 0 Å². The minimum Gasteiger partial charge on any atom is -0.462 e. The van der Waals surface area contributed by atoms with E-state index in [0.717, 1.165) is 102 Å². The molecule has 19 heteroatoms. The second-order valence-corrected chi connectivity index (χ2v) is 33.0. The van der Waals surface area contributed by atoms with Crippen molar-refractivity contribution in [3.8, 4) is 0 Å². The number of hydrogen-bond acceptors (Lipinski definition) is 15. The molecule has 100 heavy (non-hydrogen) atoms. The zero-order valence-corrected chi connectivity index (χ0v) is 67.3. The van der Waals surface area contributed by atoms with Crippen LogP contribution in [-0.4, -0.2) is 96.7 Å². The van der Waals surface area contributed by atoms with Gasteiger partial charge in [-0.05, 0) is 37.5 Å². The van der Waals surface area contributed by atoms with E-state index in [9.17, 15) is 43.2 Å². The van der Waals surface area contributed by atoms with Gasteiger partial charge in [0.05, 0.1) is 26.4 Å². The fourth-order valence-electron chi connectivity index (χ4n) is 12.5. The summed E-state index contributed by atoms with van der Waals surface area (Å²) in [4.78, 5) is 73.0. The fraction of sp³-hybridized carbons (Fsp3) is 0.951. The van der Waals surface area contributed by atoms with E-state index in [1.807, 2.05) is 0 Å². The molecule has 0 aliphatic rings. The van der Waals surface area contributed by atoms with E-state index in [4.69, 9.17) is 37.0 Å². The highest BCUT2D eigenvalue weighted by atomic mass is 31.2. The minimum atomic E-state index is -4.96. The summed E-state index contributed by atoms with van der Waals surface area (Å²) in [6, 6.07) is 0. The van der Waals surface area contributed by atoms with Crippen LogP contribution in [0.2, 0.25) is 0 Å². The normalized spacial score (nSPS) is 13.9. The lowest BCUT2D eigenvalue weighted by Crippen LogP contribution is -2.30. The Kier molecular flexibility index (Phi) is 71.2. The number of phosphoric acid groups is 2. The van der Waals surface area contributed by atoms with Crippen molar-refractivity contribution in [2.45, 2.75) is 445 Å². The molecule has 0 saturated heterocycles. The van der Waals surface area contributed by atoms with E-state index in [-0.39, 0.29) is 25.7 Å². The molecule has 17 nitrogen and oxygen atoms in total. The van der Waals surface area contributed by atoms with Crippen molar-refractivity contribution in [3.63, 3.8) is 0 Å². The van der Waals surface area contributed by atoms with Crippen LogP contribution in [0.4, 0.5) is 0 Å². The predicted octanol–water partition coefficient (Wildman–Crippen LogP) is 24.3. The molecule has 0 amide bonds. The summed E-state index contributed by atoms with van der Waals surface area (Å²) in [6.07, 6.45) is 62.3. The van der Waals surface area contributed by atoms with Gasteiger partial charge in [0, 0.05) is 25.7 Å². The van der Waals surface area contributed by atoms with Crippen LogP contribution in [0.3, 0.4) is 0 Å². The maximum absolute atomic E-state index is 13.1. The maximum Gasteiger partial charge on any atom is 0.472 e. The average Bonchev–Trinajstić information content (AvgIpc) is 0.943. The second-order valence-electron chi connectivity index (χ2n) is 30.1. The molecule has 2 unspecified atom stereocenters. The lowest BCUT2D eigenvalue weighted by Gasteiger charge is -2.21. The van der Waals surface area contributed by atoms with Gasteiger partial charge in [-0.1, -0.05) is 375 Å². The van der Waals surface area contributed by atoms with Gasteiger partial charge < -0.3 is 33.8 Å². The number of ether oxygens (including phenoxy) is 4. The zero-order chi connectivity index (χ0) is 73.5. The van der Waals surface area contributed by atoms with Crippen LogP contribution >= 0.6 is 15.6 Å². The molecule has 0 radical (unpaired) electrons. The van der Waals surface area contributed by atoms with Gasteiger partial charge in [-0.3, -0.25) is 37.3 Å². The third-order valence-electron chi connectivity index (χ3n) is 19.0. The molecule has 0 saturated carbocycles. The molecule has 5 atom stereocenters. The average molecular weight is 1470 g/mol. The largest absolute Gasteiger partial charge is 0.472 e. The minimum absolute atomic E-state index is 0.107. The topological polar surface area (TPSA) is 237 Å². The molecule has 3 N–H and O–H groups in total. The first kappa shape index (κ1) is 98.1. The Labute approximate surface area is 613 Å². The van der Waals surface area contributed by atoms with Gasteiger partial charge in [0.1, 0.15) is 19.3 Å². The van der Waals surface area contributed by atoms with Gasteiger partial charge in [-0.25, -0.2) is 9.13 Å². The first-order chi connectivity index (χ1) is 48.4. The molecular formula is C81H158O17P2. The summed E-state index contributed by atoms with van der Waals surface area (Å²) in [5.41, 5.74) is 0. The molecule has 594 valence electrons. The van der Waals surface area contributed by atoms with Gasteiger partial charge in [-0.15, -0.1) is 0 Å². The first-order valence-corrected chi connectivity index (χ1v) is 45.0. The van der Waals surface area contributed by atoms with Gasteiger partial charge >= 0.3 is 39.5 Å². The molecule has 0 bridgehead atoms. The van der Waals surface area contributed by atoms with Gasteiger partial charge in [-0.2, -0.15) is 0 Å². The summed E-state index contributed by atoms with van der Waals surface area (Å²) >= 11 is 0. The van der Waals surface area contributed by atoms with Crippen LogP contribution in [0.5, 0.6) is 0 Å². The number of hydrogen-bond donors (Lipinski definition) is 3. The summed E-state index contributed by atoms with van der Waals surface area (Å²) in [5, 5.41) is 10.6. The monoisotopic (exact) mass is 1470 g/mol. The molecule has 0 spiro atoms. The van der Waals surface area contributed by atoms with Crippen molar-refractivity contribution in [2.24, 2.45) is 11.8 Å². The van der Waals surface area contributed by atoms with Crippen molar-refractivity contribution in [3.05, 3.63) is 0 Å². The number of aliphatic hydroxyl groups excluding tert-OH is 1. The van der Waals surface area contributed by atoms with Crippen LogP contribution in [0, 0.1) is 11.8 Å². The highest BCUT2D eigenvalue weighted by molar-refractivity contribution is 7.47. The summed E-state index contributed by atoms with van der Waals surface area (Å²) in [5.74, 6) is -0.521. The van der Waals surface area contributed by atoms with E-state index >= 15 is 0 Å². The Morgan fingerprint density at radius 3 is 0.680 bits per heavy atom. The number of phosphoric ester groups is 2. The van der Waals surface area contributed by atoms with E-state index < -0.39 is 97.5 Å². The molecule has 0 heterocycles. The molecule has 0 fully saturated rings. The van der Waals surface area contributed by atoms with Crippen molar-refractivity contribution in [1.29, 1.82) is 0 Å². The Morgan fingerprint density at radius 2 is 0.460 bits per heavy atom. The van der Waals surface area contributed by atoms with Crippen molar-refractivity contribution in [2.75, 3.05) is 39.6 Å². The van der Waals surface area contributed by atoms with E-state index in [0.29, 0.717) is 25.7 Å². The van der Waals surface area contributed by atoms with Crippen molar-refractivity contribution in [1.82, 2.24) is 0 Å². The van der Waals surface area contributed by atoms with Gasteiger partial charge in [0.2, 0.25) is 0 Å². The SMILES string of the molecule is CCCCCCCCCCCCCCCCCCC(=O)OC[C@H](COP(=O)(O)OC[C@@H](O)COP(=O)(O)OC[C@@H](COC(=O)CCCCCCCCCCCC)OC(=O)CCCCCCCCCCCCCCC(C)C)OC(=O)CCCCCCCCCCCCCCCCCCC(C)C. The number of carbonyl (C=O) groups is 4. The molecule has 0 aromatic heterocycles. The molecular weight excluding hydrogens is 1310 g/mol. The Hall–Kier alpha value is -1.94. The lowest BCUT2D eigenvalue weighted by atomic mass is 10.0. The molecule has 0 aromatic rings. The van der Waals surface area contributed by atoms with Gasteiger partial charge in [0.15, 0.2) is 12.2 Å². The van der Waals surface area contributed by atoms with Crippen molar-refractivity contribution >= 4 is 39.5 Å². The Balaban J connectivity index is 5.24. The van der Waals surface area contributed by atoms with Crippen LogP contribution in [0.25, 0.3) is 0 Å². The highest BCUT2D eigenvalue weighted by Crippen LogP contribution is 2.45. The summed E-state index contributed by atoms with van der Waals surface area (Å²) in [7, 11) is -9.92. The number of rotatable bonds is 80. The third kappa shape index (κ3) is 74.3. The van der Waals surface area contributed by atoms with Gasteiger partial charge in [0.25, 0.3) is 0 Å². The number of aliphatic hydroxyl groups is 1. The van der Waals surface area contributed by atoms with Crippen LogP contribution in [0.1, 0.15) is 427 Å². The van der Waals surface area contributed by atoms with Crippen LogP contribution in [0.15, 0.2) is 0 Å². The van der Waals surface area contributed by atoms with E-state index in [1.165, 1.54) is 244 Å². The van der Waals surface area contributed by atoms with Crippen LogP contribution in [-0.2, 0) is 65.4 Å². The van der Waals surface area contributed by atoms with E-state index in [2.05, 4.69) is 41.5 Å². The standard InChI is InChI=1S/C81H158O17P2/c1-7-9-11-13-15-17-19-20-21-25-28-34-40-46-52-58-64-79(84)92-70-77(98-80(85)65-59-53-47-41-35-29-26-23-22-24-27-32-37-43-49-55-61-73(3)4)72-96-100(89,90)94-68-75(82)67-93-99(87,88)95-71-76(69-91-78(83)63-57-51-45-39-18-16-14-12-10-8-2)97-81(86)66-60-54-48-42-36-31-30-33-38-44-50-56-62-74(5)6/h73-77,82H,7-72H2,1-6H3,(H,87,88)(H,89,90)/t75-,76+,77+/m0/s1. The second kappa shape index (κ2) is 72.6. The number of esters is 4. The third-order valence-corrected chi connectivity index (χ3v) is 20.9. The molecule has 0 aliphatic heterocycles. The molecule has 0 aromatic carbocycles. The summed E-state index contributed by atoms with van der Waals surface area (Å²) in [6.45, 7) is 9.67. The smallest absolute Gasteiger partial charge is 0.462 e. The molecule has 0 aliphatic carbocycles.